The van der Waals surface area contributed by atoms with Crippen LogP contribution < -0.4 is 5.32 Å². The van der Waals surface area contributed by atoms with Crippen molar-refractivity contribution in [1.29, 1.82) is 0 Å². The average Bonchev–Trinajstić information content (AvgIpc) is 2.42. The van der Waals surface area contributed by atoms with Crippen molar-refractivity contribution in [2.45, 2.75) is 26.3 Å². The number of rotatable bonds is 5. The molecule has 1 aromatic rings. The molecule has 0 aromatic heterocycles. The summed E-state index contributed by atoms with van der Waals surface area (Å²) in [7, 11) is 2.14. The Hall–Kier alpha value is -1.17. The van der Waals surface area contributed by atoms with Crippen LogP contribution in [0.1, 0.15) is 25.3 Å². The van der Waals surface area contributed by atoms with Crippen molar-refractivity contribution in [3.8, 4) is 0 Å². The van der Waals surface area contributed by atoms with Crippen LogP contribution in [0.2, 0.25) is 5.02 Å². The molecule has 1 saturated heterocycles. The third-order valence-electron chi connectivity index (χ3n) is 4.30. The van der Waals surface area contributed by atoms with Crippen molar-refractivity contribution in [2.75, 3.05) is 26.7 Å². The summed E-state index contributed by atoms with van der Waals surface area (Å²) in [6.45, 7) is 5.83. The molecule has 116 valence electrons. The van der Waals surface area contributed by atoms with Gasteiger partial charge >= 0.3 is 0 Å². The molecule has 0 atom stereocenters. The highest BCUT2D eigenvalue weighted by Gasteiger charge is 2.28. The summed E-state index contributed by atoms with van der Waals surface area (Å²) < 4.78 is 0. The molecule has 0 aliphatic carbocycles. The Morgan fingerprint density at radius 1 is 1.43 bits per heavy atom. The van der Waals surface area contributed by atoms with Crippen LogP contribution in [0.15, 0.2) is 18.2 Å². The third kappa shape index (κ3) is 4.40. The van der Waals surface area contributed by atoms with E-state index in [-0.39, 0.29) is 16.0 Å². The third-order valence-corrected chi connectivity index (χ3v) is 4.53. The molecule has 6 heteroatoms. The molecule has 0 radical (unpaired) electrons. The zero-order valence-electron chi connectivity index (χ0n) is 12.6. The minimum atomic E-state index is -0.357. The van der Waals surface area contributed by atoms with Gasteiger partial charge in [0.15, 0.2) is 0 Å². The normalized spacial score (nSPS) is 18.6. The van der Waals surface area contributed by atoms with Crippen molar-refractivity contribution < 1.29 is 4.92 Å². The topological polar surface area (TPSA) is 58.4 Å². The van der Waals surface area contributed by atoms with E-state index in [1.54, 1.807) is 12.1 Å². The monoisotopic (exact) mass is 311 g/mol. The number of piperidine rings is 1. The summed E-state index contributed by atoms with van der Waals surface area (Å²) >= 11 is 5.94. The zero-order chi connectivity index (χ0) is 15.5. The summed E-state index contributed by atoms with van der Waals surface area (Å²) in [6.07, 6.45) is 2.29. The molecule has 1 N–H and O–H groups in total. The lowest BCUT2D eigenvalue weighted by atomic mass is 9.80. The number of hydrogen-bond acceptors (Lipinski definition) is 4. The van der Waals surface area contributed by atoms with Crippen LogP contribution in [-0.4, -0.2) is 36.5 Å². The summed E-state index contributed by atoms with van der Waals surface area (Å²) in [4.78, 5) is 13.0. The van der Waals surface area contributed by atoms with Gasteiger partial charge in [0.05, 0.1) is 4.92 Å². The van der Waals surface area contributed by atoms with Crippen molar-refractivity contribution in [3.05, 3.63) is 38.9 Å². The second-order valence-electron chi connectivity index (χ2n) is 6.25. The van der Waals surface area contributed by atoms with Gasteiger partial charge in [0.1, 0.15) is 0 Å². The molecule has 0 amide bonds. The van der Waals surface area contributed by atoms with E-state index in [1.165, 1.54) is 6.07 Å². The SMILES string of the molecule is CN1CCC(C)(CNCc2cc(Cl)ccc2[N+](=O)[O-])CC1. The lowest BCUT2D eigenvalue weighted by Crippen LogP contribution is -2.41. The van der Waals surface area contributed by atoms with Crippen molar-refractivity contribution >= 4 is 17.3 Å². The average molecular weight is 312 g/mol. The molecule has 1 aromatic carbocycles. The Bertz CT molecular complexity index is 514. The number of nitro benzene ring substituents is 1. The van der Waals surface area contributed by atoms with E-state index in [0.29, 0.717) is 17.1 Å². The van der Waals surface area contributed by atoms with Gasteiger partial charge in [-0.15, -0.1) is 0 Å². The first-order valence-electron chi connectivity index (χ1n) is 7.22. The largest absolute Gasteiger partial charge is 0.312 e. The van der Waals surface area contributed by atoms with Gasteiger partial charge in [0.2, 0.25) is 0 Å². The van der Waals surface area contributed by atoms with Crippen LogP contribution in [0.3, 0.4) is 0 Å². The number of nitrogens with zero attached hydrogens (tertiary/aromatic N) is 2. The number of halogens is 1. The van der Waals surface area contributed by atoms with Crippen LogP contribution in [-0.2, 0) is 6.54 Å². The first-order valence-corrected chi connectivity index (χ1v) is 7.59. The molecule has 1 heterocycles. The quantitative estimate of drug-likeness (QED) is 0.670. The standard InChI is InChI=1S/C15H22ClN3O2/c1-15(5-7-18(2)8-6-15)11-17-10-12-9-13(16)3-4-14(12)19(20)21/h3-4,9,17H,5-8,10-11H2,1-2H3. The highest BCUT2D eigenvalue weighted by Crippen LogP contribution is 2.30. The molecule has 2 rings (SSSR count). The predicted molar refractivity (Wildman–Crippen MR) is 84.7 cm³/mol. The molecule has 0 saturated carbocycles. The van der Waals surface area contributed by atoms with Crippen LogP contribution in [0.25, 0.3) is 0 Å². The summed E-state index contributed by atoms with van der Waals surface area (Å²) in [6, 6.07) is 4.70. The number of nitrogens with one attached hydrogen (secondary N) is 1. The summed E-state index contributed by atoms with van der Waals surface area (Å²) in [5, 5.41) is 14.9. The Balaban J connectivity index is 1.94. The van der Waals surface area contributed by atoms with Crippen LogP contribution in [0, 0.1) is 15.5 Å². The molecule has 1 aliphatic heterocycles. The Labute approximate surface area is 130 Å². The first kappa shape index (κ1) is 16.2. The lowest BCUT2D eigenvalue weighted by Gasteiger charge is -2.38. The van der Waals surface area contributed by atoms with Gasteiger partial charge in [-0.05, 0) is 50.5 Å². The van der Waals surface area contributed by atoms with Gasteiger partial charge in [-0.2, -0.15) is 0 Å². The van der Waals surface area contributed by atoms with Gasteiger partial charge in [-0.3, -0.25) is 10.1 Å². The molecule has 1 aliphatic rings. The predicted octanol–water partition coefficient (Wildman–Crippen LogP) is 3.07. The van der Waals surface area contributed by atoms with Crippen LogP contribution >= 0.6 is 11.6 Å². The molecule has 1 fully saturated rings. The van der Waals surface area contributed by atoms with Gasteiger partial charge < -0.3 is 10.2 Å². The zero-order valence-corrected chi connectivity index (χ0v) is 13.3. The summed E-state index contributed by atoms with van der Waals surface area (Å²) in [5.41, 5.74) is 1.03. The fourth-order valence-corrected chi connectivity index (χ4v) is 2.90. The smallest absolute Gasteiger partial charge is 0.273 e. The number of benzene rings is 1. The fraction of sp³-hybridized carbons (Fsp3) is 0.600. The first-order chi connectivity index (χ1) is 9.89. The lowest BCUT2D eigenvalue weighted by molar-refractivity contribution is -0.385. The Kier molecular flexibility index (Phi) is 5.19. The van der Waals surface area contributed by atoms with Crippen LogP contribution in [0.4, 0.5) is 5.69 Å². The van der Waals surface area contributed by atoms with E-state index in [0.717, 1.165) is 32.5 Å². The second kappa shape index (κ2) is 6.73. The molecular weight excluding hydrogens is 290 g/mol. The molecule has 0 bridgehead atoms. The van der Waals surface area contributed by atoms with Crippen LogP contribution in [0.5, 0.6) is 0 Å². The second-order valence-corrected chi connectivity index (χ2v) is 6.68. The van der Waals surface area contributed by atoms with E-state index >= 15 is 0 Å². The van der Waals surface area contributed by atoms with E-state index in [4.69, 9.17) is 11.6 Å². The fourth-order valence-electron chi connectivity index (χ4n) is 2.71. The van der Waals surface area contributed by atoms with Gasteiger partial charge in [-0.25, -0.2) is 0 Å². The van der Waals surface area contributed by atoms with E-state index in [1.807, 2.05) is 0 Å². The van der Waals surface area contributed by atoms with Gasteiger partial charge in [0.25, 0.3) is 5.69 Å². The number of nitro groups is 1. The molecular formula is C15H22ClN3O2. The highest BCUT2D eigenvalue weighted by atomic mass is 35.5. The minimum Gasteiger partial charge on any atom is -0.312 e. The number of likely N-dealkylation sites (tertiary alicyclic amines) is 1. The van der Waals surface area contributed by atoms with Gasteiger partial charge in [0, 0.05) is 29.7 Å². The summed E-state index contributed by atoms with van der Waals surface area (Å²) in [5.74, 6) is 0. The molecule has 0 unspecified atom stereocenters. The molecule has 21 heavy (non-hydrogen) atoms. The number of hydrogen-bond donors (Lipinski definition) is 1. The Morgan fingerprint density at radius 2 is 2.10 bits per heavy atom. The minimum absolute atomic E-state index is 0.125. The maximum atomic E-state index is 11.0. The highest BCUT2D eigenvalue weighted by molar-refractivity contribution is 6.30. The van der Waals surface area contributed by atoms with Crippen molar-refractivity contribution in [2.24, 2.45) is 5.41 Å². The van der Waals surface area contributed by atoms with E-state index in [9.17, 15) is 10.1 Å². The molecule has 0 spiro atoms. The van der Waals surface area contributed by atoms with Crippen molar-refractivity contribution in [3.63, 3.8) is 0 Å². The van der Waals surface area contributed by atoms with E-state index in [2.05, 4.69) is 24.2 Å². The Morgan fingerprint density at radius 3 is 2.71 bits per heavy atom. The maximum Gasteiger partial charge on any atom is 0.273 e. The van der Waals surface area contributed by atoms with Crippen molar-refractivity contribution in [1.82, 2.24) is 10.2 Å². The maximum absolute atomic E-state index is 11.0. The van der Waals surface area contributed by atoms with Gasteiger partial charge in [-0.1, -0.05) is 18.5 Å². The van der Waals surface area contributed by atoms with E-state index < -0.39 is 0 Å². The molecule has 5 nitrogen and oxygen atoms in total.